The third kappa shape index (κ3) is 8.29. The fourth-order valence-electron chi connectivity index (χ4n) is 2.44. The normalized spacial score (nSPS) is 12.1. The fraction of sp³-hybridized carbons (Fsp3) is 0.368. The summed E-state index contributed by atoms with van der Waals surface area (Å²) < 4.78 is 38.7. The maximum atomic E-state index is 13.8. The van der Waals surface area contributed by atoms with Crippen molar-refractivity contribution in [2.24, 2.45) is 0 Å². The number of hydrogen-bond acceptors (Lipinski definition) is 2. The molecule has 0 saturated heterocycles. The van der Waals surface area contributed by atoms with Gasteiger partial charge >= 0.3 is 72.4 Å². The van der Waals surface area contributed by atoms with Crippen molar-refractivity contribution in [3.63, 3.8) is 0 Å². The van der Waals surface area contributed by atoms with Crippen molar-refractivity contribution < 1.29 is 85.1 Å². The first kappa shape index (κ1) is 30.3. The third-order valence-corrected chi connectivity index (χ3v) is 6.78. The van der Waals surface area contributed by atoms with Gasteiger partial charge in [-0.05, 0) is 28.2 Å². The van der Waals surface area contributed by atoms with Crippen LogP contribution in [0.15, 0.2) is 46.9 Å². The molecule has 0 bridgehead atoms. The van der Waals surface area contributed by atoms with Crippen LogP contribution in [-0.4, -0.2) is 9.79 Å². The number of hydrogen-bond donors (Lipinski definition) is 2. The summed E-state index contributed by atoms with van der Waals surface area (Å²) in [5.74, 6) is 1.38. The maximum absolute atomic E-state index is 13.8. The minimum absolute atomic E-state index is 0. The van der Waals surface area contributed by atoms with E-state index in [0.29, 0.717) is 5.75 Å². The van der Waals surface area contributed by atoms with Crippen LogP contribution in [0.5, 0.6) is 0 Å². The molecular formula is C19H24BrF2Na2O3PS. The van der Waals surface area contributed by atoms with E-state index in [1.807, 2.05) is 0 Å². The molecule has 0 fully saturated rings. The van der Waals surface area contributed by atoms with Crippen molar-refractivity contribution in [3.05, 3.63) is 69.2 Å². The molecule has 0 atom stereocenters. The Morgan fingerprint density at radius 1 is 1.00 bits per heavy atom. The zero-order valence-electron chi connectivity index (χ0n) is 19.2. The van der Waals surface area contributed by atoms with Gasteiger partial charge in [0.2, 0.25) is 0 Å². The molecule has 0 aliphatic carbocycles. The summed E-state index contributed by atoms with van der Waals surface area (Å²) in [5.41, 5.74) is -1.58. The smallest absolute Gasteiger partial charge is 1.00 e. The van der Waals surface area contributed by atoms with Crippen molar-refractivity contribution in [2.75, 3.05) is 0 Å². The van der Waals surface area contributed by atoms with Gasteiger partial charge in [-0.15, -0.1) is 0 Å². The van der Waals surface area contributed by atoms with E-state index in [1.165, 1.54) is 23.3 Å². The third-order valence-electron chi connectivity index (χ3n) is 4.08. The van der Waals surface area contributed by atoms with Crippen molar-refractivity contribution in [3.8, 4) is 0 Å². The number of alkyl halides is 2. The van der Waals surface area contributed by atoms with E-state index in [4.69, 9.17) is 9.79 Å². The van der Waals surface area contributed by atoms with E-state index < -0.39 is 18.8 Å². The van der Waals surface area contributed by atoms with E-state index in [0.717, 1.165) is 17.4 Å². The molecule has 2 aromatic carbocycles. The summed E-state index contributed by atoms with van der Waals surface area (Å²) in [5, 5.41) is 0. The monoisotopic (exact) mass is 526 g/mol. The largest absolute Gasteiger partial charge is 1.00 e. The van der Waals surface area contributed by atoms with Crippen LogP contribution >= 0.6 is 35.3 Å². The zero-order chi connectivity index (χ0) is 20.5. The molecule has 2 aromatic rings. The van der Waals surface area contributed by atoms with Gasteiger partial charge in [-0.3, -0.25) is 4.57 Å². The van der Waals surface area contributed by atoms with E-state index in [1.54, 1.807) is 11.8 Å². The standard InChI is InChI=1S/C19H22BrF2O3PS.2Na.2H/c1-18(2,3)15-7-4-13(5-8-15)11-27-12-14-6-9-16(17(20)10-14)19(21,22)26(23,24)25;;;;/h4-10H,11-12H2,1-3H3,(H2,23,24,25);;;;/q;2*+1;2*-1. The van der Waals surface area contributed by atoms with Crippen molar-refractivity contribution >= 4 is 35.3 Å². The van der Waals surface area contributed by atoms with Crippen LogP contribution in [-0.2, 0) is 27.1 Å². The summed E-state index contributed by atoms with van der Waals surface area (Å²) in [6.45, 7) is 6.48. The summed E-state index contributed by atoms with van der Waals surface area (Å²) in [6, 6.07) is 12.4. The Hall–Kier alpha value is 1.28. The van der Waals surface area contributed by atoms with Gasteiger partial charge in [-0.25, -0.2) is 0 Å². The second-order valence-electron chi connectivity index (χ2n) is 7.34. The van der Waals surface area contributed by atoms with E-state index >= 15 is 0 Å². The predicted octanol–water partition coefficient (Wildman–Crippen LogP) is 0.640. The average Bonchev–Trinajstić information content (AvgIpc) is 2.53. The molecule has 0 aliphatic rings. The van der Waals surface area contributed by atoms with Gasteiger partial charge < -0.3 is 12.6 Å². The summed E-state index contributed by atoms with van der Waals surface area (Å²) in [4.78, 5) is 17.7. The van der Waals surface area contributed by atoms with E-state index in [-0.39, 0.29) is 71.9 Å². The van der Waals surface area contributed by atoms with Crippen molar-refractivity contribution in [1.29, 1.82) is 0 Å². The molecule has 0 radical (unpaired) electrons. The Morgan fingerprint density at radius 3 is 1.93 bits per heavy atom. The molecular weight excluding hydrogens is 503 g/mol. The fourth-order valence-corrected chi connectivity index (χ4v) is 4.72. The Labute approximate surface area is 230 Å². The molecule has 2 rings (SSSR count). The van der Waals surface area contributed by atoms with Crippen LogP contribution in [0.2, 0.25) is 0 Å². The number of rotatable bonds is 6. The van der Waals surface area contributed by atoms with Crippen molar-refractivity contribution in [1.82, 2.24) is 0 Å². The van der Waals surface area contributed by atoms with Crippen LogP contribution in [0.25, 0.3) is 0 Å². The zero-order valence-corrected chi connectivity index (χ0v) is 24.5. The summed E-state index contributed by atoms with van der Waals surface area (Å²) in [6.07, 6.45) is 0. The first-order valence-corrected chi connectivity index (χ1v) is 11.8. The summed E-state index contributed by atoms with van der Waals surface area (Å²) in [7, 11) is -5.58. The van der Waals surface area contributed by atoms with Gasteiger partial charge in [-0.2, -0.15) is 20.5 Å². The predicted molar refractivity (Wildman–Crippen MR) is 112 cm³/mol. The van der Waals surface area contributed by atoms with Gasteiger partial charge in [0.1, 0.15) is 0 Å². The Morgan fingerprint density at radius 2 is 1.48 bits per heavy atom. The second-order valence-corrected chi connectivity index (χ2v) is 10.8. The van der Waals surface area contributed by atoms with Gasteiger partial charge in [0, 0.05) is 21.5 Å². The van der Waals surface area contributed by atoms with E-state index in [9.17, 15) is 13.3 Å². The topological polar surface area (TPSA) is 57.5 Å². The number of thioether (sulfide) groups is 1. The Bertz CT molecular complexity index is 866. The SMILES string of the molecule is CC(C)(C)c1ccc(CSCc2ccc(C(F)(F)P(=O)(O)O)c(Br)c2)cc1.[H-].[H-].[Na+].[Na+]. The molecule has 10 heteroatoms. The van der Waals surface area contributed by atoms with Gasteiger partial charge in [0.15, 0.2) is 0 Å². The molecule has 0 unspecified atom stereocenters. The molecule has 3 nitrogen and oxygen atoms in total. The van der Waals surface area contributed by atoms with Crippen LogP contribution < -0.4 is 59.1 Å². The Balaban J connectivity index is -0.00000196. The first-order valence-electron chi connectivity index (χ1n) is 8.22. The van der Waals surface area contributed by atoms with Gasteiger partial charge in [-0.1, -0.05) is 73.1 Å². The molecule has 0 aromatic heterocycles. The minimum Gasteiger partial charge on any atom is -1.00 e. The molecule has 152 valence electrons. The molecule has 0 saturated carbocycles. The van der Waals surface area contributed by atoms with Gasteiger partial charge in [0.25, 0.3) is 0 Å². The van der Waals surface area contributed by atoms with E-state index in [2.05, 4.69) is 61.0 Å². The Kier molecular flexibility index (Phi) is 12.5. The summed E-state index contributed by atoms with van der Waals surface area (Å²) >= 11 is 4.64. The molecule has 0 spiro atoms. The van der Waals surface area contributed by atoms with Gasteiger partial charge in [0.05, 0.1) is 0 Å². The molecule has 2 N–H and O–H groups in total. The second kappa shape index (κ2) is 11.9. The van der Waals surface area contributed by atoms with Crippen LogP contribution in [0, 0.1) is 0 Å². The average molecular weight is 527 g/mol. The maximum Gasteiger partial charge on any atom is 1.00 e. The molecule has 0 amide bonds. The van der Waals surface area contributed by atoms with Crippen LogP contribution in [0.3, 0.4) is 0 Å². The molecule has 0 aliphatic heterocycles. The first-order chi connectivity index (χ1) is 12.3. The van der Waals surface area contributed by atoms with Crippen LogP contribution in [0.1, 0.15) is 45.9 Å². The number of halogens is 3. The number of benzene rings is 2. The molecule has 29 heavy (non-hydrogen) atoms. The van der Waals surface area contributed by atoms with Crippen LogP contribution in [0.4, 0.5) is 8.78 Å². The minimum atomic E-state index is -5.58. The van der Waals surface area contributed by atoms with Crippen molar-refractivity contribution in [2.45, 2.75) is 43.4 Å². The quantitative estimate of drug-likeness (QED) is 0.428. The molecule has 0 heterocycles.